The third-order valence-corrected chi connectivity index (χ3v) is 3.33. The molecule has 0 aliphatic carbocycles. The third-order valence-electron chi connectivity index (χ3n) is 3.33. The van der Waals surface area contributed by atoms with E-state index in [1.165, 1.54) is 12.3 Å². The molecule has 0 aliphatic heterocycles. The van der Waals surface area contributed by atoms with E-state index in [0.717, 1.165) is 11.1 Å². The predicted octanol–water partition coefficient (Wildman–Crippen LogP) is 2.26. The van der Waals surface area contributed by atoms with Gasteiger partial charge in [0.25, 0.3) is 5.91 Å². The van der Waals surface area contributed by atoms with Crippen molar-refractivity contribution in [3.8, 4) is 0 Å². The lowest BCUT2D eigenvalue weighted by Crippen LogP contribution is -2.34. The summed E-state index contributed by atoms with van der Waals surface area (Å²) in [5.41, 5.74) is 2.01. The van der Waals surface area contributed by atoms with E-state index in [9.17, 15) is 14.7 Å². The highest BCUT2D eigenvalue weighted by Gasteiger charge is 2.20. The summed E-state index contributed by atoms with van der Waals surface area (Å²) in [6, 6.07) is 10.8. The van der Waals surface area contributed by atoms with E-state index in [4.69, 9.17) is 4.42 Å². The van der Waals surface area contributed by atoms with Crippen LogP contribution in [0.1, 0.15) is 21.7 Å². The molecule has 2 rings (SSSR count). The number of carboxylic acid groups (broad SMARTS) is 1. The van der Waals surface area contributed by atoms with Crippen molar-refractivity contribution in [1.82, 2.24) is 5.32 Å². The first kappa shape index (κ1) is 14.8. The summed E-state index contributed by atoms with van der Waals surface area (Å²) in [5.74, 6) is -1.84. The first-order valence-corrected chi connectivity index (χ1v) is 6.67. The van der Waals surface area contributed by atoms with E-state index in [1.807, 2.05) is 31.2 Å². The first-order valence-electron chi connectivity index (χ1n) is 6.67. The standard InChI is InChI=1S/C16H17NO4/c1-11-5-2-3-6-12(11)9-13(16(19)20)10-17-15(18)14-7-4-8-21-14/h2-8,13H,9-10H2,1H3,(H,17,18)(H,19,20)/t13-/m0/s1. The molecule has 2 N–H and O–H groups in total. The van der Waals surface area contributed by atoms with Crippen molar-refractivity contribution < 1.29 is 19.1 Å². The molecule has 1 amide bonds. The van der Waals surface area contributed by atoms with E-state index < -0.39 is 17.8 Å². The number of benzene rings is 1. The molecule has 0 saturated heterocycles. The Morgan fingerprint density at radius 1 is 1.24 bits per heavy atom. The first-order chi connectivity index (χ1) is 10.1. The van der Waals surface area contributed by atoms with Gasteiger partial charge in [-0.15, -0.1) is 0 Å². The maximum atomic E-state index is 11.8. The largest absolute Gasteiger partial charge is 0.481 e. The molecule has 0 spiro atoms. The molecule has 1 aromatic heterocycles. The Labute approximate surface area is 122 Å². The number of carbonyl (C=O) groups is 2. The number of amides is 1. The number of hydrogen-bond acceptors (Lipinski definition) is 3. The summed E-state index contributed by atoms with van der Waals surface area (Å²) in [6.07, 6.45) is 1.78. The number of rotatable bonds is 6. The number of nitrogens with one attached hydrogen (secondary N) is 1. The minimum absolute atomic E-state index is 0.0587. The van der Waals surface area contributed by atoms with Crippen LogP contribution >= 0.6 is 0 Å². The number of aliphatic carboxylic acids is 1. The minimum Gasteiger partial charge on any atom is -0.481 e. The van der Waals surface area contributed by atoms with Gasteiger partial charge in [-0.3, -0.25) is 9.59 Å². The molecule has 0 saturated carbocycles. The number of furan rings is 1. The Bertz CT molecular complexity index is 619. The van der Waals surface area contributed by atoms with Gasteiger partial charge in [0, 0.05) is 6.54 Å². The van der Waals surface area contributed by atoms with Crippen molar-refractivity contribution in [3.63, 3.8) is 0 Å². The second-order valence-electron chi connectivity index (χ2n) is 4.85. The lowest BCUT2D eigenvalue weighted by Gasteiger charge is -2.14. The monoisotopic (exact) mass is 287 g/mol. The van der Waals surface area contributed by atoms with Gasteiger partial charge < -0.3 is 14.8 Å². The average molecular weight is 287 g/mol. The van der Waals surface area contributed by atoms with Gasteiger partial charge in [-0.05, 0) is 36.6 Å². The zero-order chi connectivity index (χ0) is 15.2. The molecule has 1 atom stereocenters. The molecule has 0 fully saturated rings. The van der Waals surface area contributed by atoms with Crippen LogP contribution < -0.4 is 5.32 Å². The molecule has 0 unspecified atom stereocenters. The molecule has 1 heterocycles. The fourth-order valence-electron chi connectivity index (χ4n) is 2.06. The average Bonchev–Trinajstić information content (AvgIpc) is 2.99. The molecule has 0 bridgehead atoms. The minimum atomic E-state index is -0.932. The molecule has 5 nitrogen and oxygen atoms in total. The summed E-state index contributed by atoms with van der Waals surface area (Å²) in [7, 11) is 0. The van der Waals surface area contributed by atoms with Crippen LogP contribution in [0.15, 0.2) is 47.1 Å². The van der Waals surface area contributed by atoms with Crippen LogP contribution in [0.4, 0.5) is 0 Å². The van der Waals surface area contributed by atoms with Crippen molar-refractivity contribution in [2.45, 2.75) is 13.3 Å². The molecule has 110 valence electrons. The van der Waals surface area contributed by atoms with Crippen molar-refractivity contribution in [2.24, 2.45) is 5.92 Å². The van der Waals surface area contributed by atoms with Crippen molar-refractivity contribution in [3.05, 3.63) is 59.5 Å². The Hall–Kier alpha value is -2.56. The fourth-order valence-corrected chi connectivity index (χ4v) is 2.06. The Balaban J connectivity index is 1.98. The molecular weight excluding hydrogens is 270 g/mol. The van der Waals surface area contributed by atoms with Crippen LogP contribution in [0.2, 0.25) is 0 Å². The highest BCUT2D eigenvalue weighted by atomic mass is 16.4. The zero-order valence-electron chi connectivity index (χ0n) is 11.7. The molecule has 21 heavy (non-hydrogen) atoms. The molecule has 5 heteroatoms. The van der Waals surface area contributed by atoms with E-state index in [2.05, 4.69) is 5.32 Å². The molecule has 0 radical (unpaired) electrons. The fraction of sp³-hybridized carbons (Fsp3) is 0.250. The van der Waals surface area contributed by atoms with Crippen LogP contribution in [0.3, 0.4) is 0 Å². The van der Waals surface area contributed by atoms with Gasteiger partial charge in [-0.25, -0.2) is 0 Å². The summed E-state index contributed by atoms with van der Waals surface area (Å²) in [4.78, 5) is 23.1. The molecule has 1 aromatic carbocycles. The number of carboxylic acids is 1. The van der Waals surface area contributed by atoms with Crippen LogP contribution in [-0.4, -0.2) is 23.5 Å². The van der Waals surface area contributed by atoms with Crippen LogP contribution in [0.25, 0.3) is 0 Å². The predicted molar refractivity (Wildman–Crippen MR) is 77.1 cm³/mol. The molecule has 2 aromatic rings. The molecule has 0 aliphatic rings. The maximum Gasteiger partial charge on any atom is 0.308 e. The van der Waals surface area contributed by atoms with Crippen molar-refractivity contribution >= 4 is 11.9 Å². The summed E-state index contributed by atoms with van der Waals surface area (Å²) < 4.78 is 4.97. The van der Waals surface area contributed by atoms with Gasteiger partial charge in [0.15, 0.2) is 5.76 Å². The smallest absolute Gasteiger partial charge is 0.308 e. The quantitative estimate of drug-likeness (QED) is 0.854. The van der Waals surface area contributed by atoms with Gasteiger partial charge in [0.2, 0.25) is 0 Å². The van der Waals surface area contributed by atoms with Crippen molar-refractivity contribution in [1.29, 1.82) is 0 Å². The lowest BCUT2D eigenvalue weighted by atomic mass is 9.96. The van der Waals surface area contributed by atoms with Gasteiger partial charge in [0.05, 0.1) is 12.2 Å². The lowest BCUT2D eigenvalue weighted by molar-refractivity contribution is -0.141. The van der Waals surface area contributed by atoms with Crippen LogP contribution in [0.5, 0.6) is 0 Å². The second kappa shape index (κ2) is 6.74. The highest BCUT2D eigenvalue weighted by Crippen LogP contribution is 2.13. The zero-order valence-corrected chi connectivity index (χ0v) is 11.7. The maximum absolute atomic E-state index is 11.8. The topological polar surface area (TPSA) is 79.5 Å². The van der Waals surface area contributed by atoms with Crippen LogP contribution in [0, 0.1) is 12.8 Å². The SMILES string of the molecule is Cc1ccccc1C[C@@H](CNC(=O)c1ccco1)C(=O)O. The van der Waals surface area contributed by atoms with Crippen LogP contribution in [-0.2, 0) is 11.2 Å². The second-order valence-corrected chi connectivity index (χ2v) is 4.85. The summed E-state index contributed by atoms with van der Waals surface area (Å²) >= 11 is 0. The normalized spacial score (nSPS) is 11.9. The number of hydrogen-bond donors (Lipinski definition) is 2. The van der Waals surface area contributed by atoms with E-state index in [-0.39, 0.29) is 12.3 Å². The Morgan fingerprint density at radius 3 is 2.62 bits per heavy atom. The highest BCUT2D eigenvalue weighted by molar-refractivity contribution is 5.91. The van der Waals surface area contributed by atoms with Gasteiger partial charge in [-0.1, -0.05) is 24.3 Å². The molecular formula is C16H17NO4. The summed E-state index contributed by atoms with van der Waals surface area (Å²) in [5, 5.41) is 11.9. The van der Waals surface area contributed by atoms with E-state index >= 15 is 0 Å². The Kier molecular flexibility index (Phi) is 4.77. The number of aryl methyl sites for hydroxylation is 1. The van der Waals surface area contributed by atoms with E-state index in [0.29, 0.717) is 6.42 Å². The summed E-state index contributed by atoms with van der Waals surface area (Å²) in [6.45, 7) is 2.00. The van der Waals surface area contributed by atoms with Gasteiger partial charge in [-0.2, -0.15) is 0 Å². The van der Waals surface area contributed by atoms with Gasteiger partial charge in [0.1, 0.15) is 0 Å². The number of carbonyl (C=O) groups excluding carboxylic acids is 1. The van der Waals surface area contributed by atoms with Gasteiger partial charge >= 0.3 is 5.97 Å². The Morgan fingerprint density at radius 2 is 2.00 bits per heavy atom. The third kappa shape index (κ3) is 3.95. The van der Waals surface area contributed by atoms with Crippen molar-refractivity contribution in [2.75, 3.05) is 6.54 Å². The van der Waals surface area contributed by atoms with E-state index in [1.54, 1.807) is 6.07 Å².